The molecule has 10 heteroatoms. The minimum absolute atomic E-state index is 0.473. The topological polar surface area (TPSA) is 63.5 Å². The van der Waals surface area contributed by atoms with Crippen molar-refractivity contribution in [2.24, 2.45) is 0 Å². The fraction of sp³-hybridized carbons (Fsp3) is 0.0714. The molecule has 0 radical (unpaired) electrons. The van der Waals surface area contributed by atoms with Crippen LogP contribution >= 0.6 is 6.89 Å². The molecule has 0 aromatic heterocycles. The van der Waals surface area contributed by atoms with Crippen LogP contribution in [0, 0.1) is 33.4 Å². The van der Waals surface area contributed by atoms with E-state index in [1.54, 1.807) is 91.0 Å². The first kappa shape index (κ1) is 26.8. The molecule has 0 unspecified atom stereocenters. The lowest BCUT2D eigenvalue weighted by Gasteiger charge is -2.33. The highest BCUT2D eigenvalue weighted by molar-refractivity contribution is 7.96. The Morgan fingerprint density at radius 2 is 1.03 bits per heavy atom. The fourth-order valence-corrected chi connectivity index (χ4v) is 8.95. The molecule has 4 rings (SSSR count). The first-order valence-electron chi connectivity index (χ1n) is 11.3. The summed E-state index contributed by atoms with van der Waals surface area (Å²) in [6.07, 6.45) is 0. The number of benzene rings is 4. The third-order valence-electron chi connectivity index (χ3n) is 6.03. The van der Waals surface area contributed by atoms with Crippen molar-refractivity contribution in [3.05, 3.63) is 130 Å². The van der Waals surface area contributed by atoms with E-state index in [4.69, 9.17) is 0 Å². The van der Waals surface area contributed by atoms with Gasteiger partial charge >= 0.3 is 5.69 Å². The van der Waals surface area contributed by atoms with Gasteiger partial charge in [0, 0.05) is 14.1 Å². The minimum atomic E-state index is -3.59. The molecular formula is C28H21F4N2O3P. The van der Waals surface area contributed by atoms with E-state index in [1.807, 2.05) is 0 Å². The predicted octanol–water partition coefficient (Wildman–Crippen LogP) is 4.75. The molecule has 4 aromatic rings. The standard InChI is InChI=1S/C28H21F4N2O3P/c1-33(2)28(35)27(21-22(29)24(31)26(34(36)37)25(32)23(21)30)38(18-12-6-3-7-13-18,19-14-8-4-9-15-19)20-16-10-5-11-17-20/h3-17H,1-2H3. The molecule has 4 aromatic carbocycles. The van der Waals surface area contributed by atoms with Gasteiger partial charge in [0.1, 0.15) is 0 Å². The molecule has 38 heavy (non-hydrogen) atoms. The van der Waals surface area contributed by atoms with Gasteiger partial charge in [-0.3, -0.25) is 14.9 Å². The van der Waals surface area contributed by atoms with E-state index in [0.717, 1.165) is 4.90 Å². The quantitative estimate of drug-likeness (QED) is 0.117. The molecule has 0 fully saturated rings. The van der Waals surface area contributed by atoms with Gasteiger partial charge in [0.25, 0.3) is 5.91 Å². The smallest absolute Gasteiger partial charge is 0.345 e. The van der Waals surface area contributed by atoms with E-state index in [0.29, 0.717) is 15.9 Å². The van der Waals surface area contributed by atoms with Crippen LogP contribution in [-0.2, 0) is 4.79 Å². The first-order chi connectivity index (χ1) is 18.1. The Bertz CT molecular complexity index is 1450. The number of hydrogen-bond donors (Lipinski definition) is 0. The van der Waals surface area contributed by atoms with Crippen LogP contribution in [0.5, 0.6) is 0 Å². The molecule has 1 amide bonds. The third kappa shape index (κ3) is 4.29. The average Bonchev–Trinajstić information content (AvgIpc) is 2.93. The van der Waals surface area contributed by atoms with Crippen LogP contribution in [0.1, 0.15) is 5.56 Å². The predicted molar refractivity (Wildman–Crippen MR) is 141 cm³/mol. The Balaban J connectivity index is 2.44. The molecule has 5 nitrogen and oxygen atoms in total. The lowest BCUT2D eigenvalue weighted by molar-refractivity contribution is -0.390. The van der Waals surface area contributed by atoms with Gasteiger partial charge in [-0.1, -0.05) is 91.0 Å². The number of nitro benzene ring substituents is 1. The zero-order valence-electron chi connectivity index (χ0n) is 20.2. The minimum Gasteiger partial charge on any atom is -0.345 e. The number of halogens is 4. The normalized spacial score (nSPS) is 11.2. The summed E-state index contributed by atoms with van der Waals surface area (Å²) in [5.41, 5.74) is -3.25. The number of likely N-dealkylation sites (N-methyl/N-ethyl adjacent to an activating group) is 1. The van der Waals surface area contributed by atoms with Crippen molar-refractivity contribution < 1.29 is 27.3 Å². The van der Waals surface area contributed by atoms with E-state index >= 15 is 17.6 Å². The fourth-order valence-electron chi connectivity index (χ4n) is 4.41. The monoisotopic (exact) mass is 540 g/mol. The second-order valence-corrected chi connectivity index (χ2v) is 11.8. The Labute approximate surface area is 216 Å². The maximum Gasteiger partial charge on any atom is 0.346 e. The molecule has 0 atom stereocenters. The lowest BCUT2D eigenvalue weighted by Crippen LogP contribution is -2.40. The van der Waals surface area contributed by atoms with E-state index in [1.165, 1.54) is 14.1 Å². The SMILES string of the molecule is CN(C)C(=O)C(c1c(F)c(F)c([N+](=O)[O-])c(F)c1F)=P(c1ccccc1)(c1ccccc1)c1ccccc1. The zero-order chi connectivity index (χ0) is 27.6. The van der Waals surface area contributed by atoms with E-state index in [2.05, 4.69) is 0 Å². The summed E-state index contributed by atoms with van der Waals surface area (Å²) >= 11 is 0. The molecule has 0 bridgehead atoms. The van der Waals surface area contributed by atoms with Crippen LogP contribution in [-0.4, -0.2) is 35.1 Å². The van der Waals surface area contributed by atoms with Crippen molar-refractivity contribution in [3.63, 3.8) is 0 Å². The molecule has 0 saturated carbocycles. The molecule has 0 aliphatic heterocycles. The average molecular weight is 540 g/mol. The van der Waals surface area contributed by atoms with Crippen LogP contribution in [0.25, 0.3) is 0 Å². The van der Waals surface area contributed by atoms with Crippen molar-refractivity contribution in [3.8, 4) is 0 Å². The molecule has 0 heterocycles. The van der Waals surface area contributed by atoms with Crippen molar-refractivity contribution in [2.75, 3.05) is 14.1 Å². The molecule has 194 valence electrons. The summed E-state index contributed by atoms with van der Waals surface area (Å²) in [5.74, 6) is -9.35. The summed E-state index contributed by atoms with van der Waals surface area (Å²) in [6.45, 7) is -3.59. The Hall–Kier alpha value is -4.23. The van der Waals surface area contributed by atoms with Crippen LogP contribution < -0.4 is 15.9 Å². The maximum absolute atomic E-state index is 15.8. The highest BCUT2D eigenvalue weighted by Crippen LogP contribution is 2.49. The number of nitro groups is 1. The van der Waals surface area contributed by atoms with Crippen LogP contribution in [0.15, 0.2) is 91.0 Å². The van der Waals surface area contributed by atoms with Crippen molar-refractivity contribution in [1.82, 2.24) is 4.90 Å². The van der Waals surface area contributed by atoms with Gasteiger partial charge in [0.15, 0.2) is 11.6 Å². The van der Waals surface area contributed by atoms with E-state index in [9.17, 15) is 14.9 Å². The van der Waals surface area contributed by atoms with E-state index in [-0.39, 0.29) is 0 Å². The van der Waals surface area contributed by atoms with Gasteiger partial charge in [0.05, 0.1) is 15.8 Å². The van der Waals surface area contributed by atoms with Crippen molar-refractivity contribution >= 4 is 39.7 Å². The number of hydrogen-bond acceptors (Lipinski definition) is 3. The highest BCUT2D eigenvalue weighted by Gasteiger charge is 2.41. The molecule has 0 N–H and O–H groups in total. The Morgan fingerprint density at radius 3 is 1.32 bits per heavy atom. The first-order valence-corrected chi connectivity index (χ1v) is 13.1. The molecular weight excluding hydrogens is 519 g/mol. The Kier molecular flexibility index (Phi) is 7.51. The second kappa shape index (κ2) is 10.6. The number of nitrogens with zero attached hydrogens (tertiary/aromatic N) is 2. The van der Waals surface area contributed by atoms with E-state index < -0.39 is 57.5 Å². The van der Waals surface area contributed by atoms with Gasteiger partial charge in [-0.2, -0.15) is 8.78 Å². The largest absolute Gasteiger partial charge is 0.346 e. The lowest BCUT2D eigenvalue weighted by atomic mass is 10.1. The highest BCUT2D eigenvalue weighted by atomic mass is 31.2. The van der Waals surface area contributed by atoms with Gasteiger partial charge in [-0.05, 0) is 22.8 Å². The molecule has 0 spiro atoms. The van der Waals surface area contributed by atoms with Crippen molar-refractivity contribution in [1.29, 1.82) is 0 Å². The second-order valence-electron chi connectivity index (χ2n) is 8.46. The summed E-state index contributed by atoms with van der Waals surface area (Å²) < 4.78 is 61.6. The molecule has 0 aliphatic rings. The molecule has 0 aliphatic carbocycles. The third-order valence-corrected chi connectivity index (χ3v) is 10.3. The van der Waals surface area contributed by atoms with Crippen LogP contribution in [0.3, 0.4) is 0 Å². The summed E-state index contributed by atoms with van der Waals surface area (Å²) in [6, 6.07) is 25.2. The number of carbonyl (C=O) groups is 1. The summed E-state index contributed by atoms with van der Waals surface area (Å²) in [7, 11) is 2.68. The molecule has 0 saturated heterocycles. The van der Waals surface area contributed by atoms with Crippen molar-refractivity contribution in [2.45, 2.75) is 0 Å². The van der Waals surface area contributed by atoms with Crippen LogP contribution in [0.2, 0.25) is 0 Å². The van der Waals surface area contributed by atoms with Crippen LogP contribution in [0.4, 0.5) is 23.2 Å². The number of amides is 1. The van der Waals surface area contributed by atoms with Gasteiger partial charge in [-0.25, -0.2) is 8.78 Å². The number of carbonyl (C=O) groups excluding carboxylic acids is 1. The van der Waals surface area contributed by atoms with Gasteiger partial charge < -0.3 is 4.90 Å². The Morgan fingerprint density at radius 1 is 0.684 bits per heavy atom. The van der Waals surface area contributed by atoms with Gasteiger partial charge in [-0.15, -0.1) is 0 Å². The summed E-state index contributed by atoms with van der Waals surface area (Å²) in [4.78, 5) is 24.7. The zero-order valence-corrected chi connectivity index (χ0v) is 21.1. The number of rotatable bonds is 6. The maximum atomic E-state index is 15.8. The summed E-state index contributed by atoms with van der Waals surface area (Å²) in [5, 5.41) is 12.1. The van der Waals surface area contributed by atoms with Gasteiger partial charge in [0.2, 0.25) is 11.6 Å².